The average molecular weight is 290 g/mol. The Morgan fingerprint density at radius 2 is 1.68 bits per heavy atom. The first-order valence-electron chi connectivity index (χ1n) is 7.26. The van der Waals surface area contributed by atoms with Crippen molar-refractivity contribution in [2.24, 2.45) is 16.7 Å². The average Bonchev–Trinajstić information content (AvgIpc) is 2.67. The third kappa shape index (κ3) is 3.50. The van der Waals surface area contributed by atoms with Crippen molar-refractivity contribution in [3.63, 3.8) is 0 Å². The molecule has 0 heterocycles. The Hall–Kier alpha value is -0.130. The fourth-order valence-electron chi connectivity index (χ4n) is 2.78. The molecule has 1 rings (SSSR count). The molecular formula is C14H30N2O2S. The molecular weight excluding hydrogens is 260 g/mol. The van der Waals surface area contributed by atoms with Gasteiger partial charge in [-0.25, -0.2) is 13.1 Å². The van der Waals surface area contributed by atoms with Crippen LogP contribution in [0.4, 0.5) is 0 Å². The lowest BCUT2D eigenvalue weighted by atomic mass is 10.0. The molecule has 1 aliphatic carbocycles. The van der Waals surface area contributed by atoms with E-state index in [9.17, 15) is 8.42 Å². The zero-order chi connectivity index (χ0) is 14.9. The maximum Gasteiger partial charge on any atom is 0.215 e. The molecule has 4 nitrogen and oxygen atoms in total. The second-order valence-electron chi connectivity index (χ2n) is 6.90. The van der Waals surface area contributed by atoms with Gasteiger partial charge in [0.2, 0.25) is 10.0 Å². The highest BCUT2D eigenvalue weighted by atomic mass is 32.2. The first kappa shape index (κ1) is 16.9. The number of sulfonamides is 1. The fourth-order valence-corrected chi connectivity index (χ4v) is 3.80. The van der Waals surface area contributed by atoms with E-state index in [0.717, 1.165) is 13.0 Å². The standard InChI is InChI=1S/C14H30N2O2S/c1-7-8-15-9-11(2)19(17,18)16-10-12-13(3,4)14(12,5)6/h11-12,15-16H,7-10H2,1-6H3. The number of rotatable bonds is 8. The lowest BCUT2D eigenvalue weighted by Gasteiger charge is -2.15. The smallest absolute Gasteiger partial charge is 0.215 e. The molecule has 1 fully saturated rings. The van der Waals surface area contributed by atoms with Crippen LogP contribution in [0.25, 0.3) is 0 Å². The second kappa shape index (κ2) is 5.70. The monoisotopic (exact) mass is 290 g/mol. The summed E-state index contributed by atoms with van der Waals surface area (Å²) in [6.07, 6.45) is 1.02. The highest BCUT2D eigenvalue weighted by Crippen LogP contribution is 2.67. The maximum atomic E-state index is 12.1. The molecule has 2 N–H and O–H groups in total. The fraction of sp³-hybridized carbons (Fsp3) is 1.00. The van der Waals surface area contributed by atoms with Gasteiger partial charge in [0.25, 0.3) is 0 Å². The van der Waals surface area contributed by atoms with Gasteiger partial charge >= 0.3 is 0 Å². The molecule has 0 aromatic heterocycles. The van der Waals surface area contributed by atoms with Gasteiger partial charge in [-0.2, -0.15) is 0 Å². The van der Waals surface area contributed by atoms with Crippen LogP contribution < -0.4 is 10.0 Å². The summed E-state index contributed by atoms with van der Waals surface area (Å²) in [5.74, 6) is 0.422. The van der Waals surface area contributed by atoms with Crippen LogP contribution in [-0.2, 0) is 10.0 Å². The summed E-state index contributed by atoms with van der Waals surface area (Å²) >= 11 is 0. The highest BCUT2D eigenvalue weighted by molar-refractivity contribution is 7.90. The van der Waals surface area contributed by atoms with Crippen molar-refractivity contribution in [2.45, 2.75) is 53.2 Å². The Morgan fingerprint density at radius 1 is 1.16 bits per heavy atom. The second-order valence-corrected chi connectivity index (χ2v) is 9.09. The van der Waals surface area contributed by atoms with E-state index in [4.69, 9.17) is 0 Å². The topological polar surface area (TPSA) is 58.2 Å². The Morgan fingerprint density at radius 3 is 2.11 bits per heavy atom. The van der Waals surface area contributed by atoms with E-state index in [2.05, 4.69) is 44.7 Å². The van der Waals surface area contributed by atoms with Crippen molar-refractivity contribution >= 4 is 10.0 Å². The van der Waals surface area contributed by atoms with Crippen LogP contribution in [0.2, 0.25) is 0 Å². The van der Waals surface area contributed by atoms with Gasteiger partial charge in [-0.15, -0.1) is 0 Å². The Balaban J connectivity index is 2.44. The molecule has 0 saturated heterocycles. The zero-order valence-electron chi connectivity index (χ0n) is 13.2. The summed E-state index contributed by atoms with van der Waals surface area (Å²) in [4.78, 5) is 0. The first-order valence-corrected chi connectivity index (χ1v) is 8.81. The van der Waals surface area contributed by atoms with Crippen LogP contribution >= 0.6 is 0 Å². The van der Waals surface area contributed by atoms with Gasteiger partial charge < -0.3 is 5.32 Å². The normalized spacial score (nSPS) is 23.3. The van der Waals surface area contributed by atoms with Crippen LogP contribution in [0.1, 0.15) is 48.0 Å². The lowest BCUT2D eigenvalue weighted by molar-refractivity contribution is 0.457. The van der Waals surface area contributed by atoms with Crippen molar-refractivity contribution in [3.8, 4) is 0 Å². The van der Waals surface area contributed by atoms with Gasteiger partial charge in [-0.1, -0.05) is 34.6 Å². The van der Waals surface area contributed by atoms with E-state index in [1.54, 1.807) is 6.92 Å². The first-order chi connectivity index (χ1) is 8.57. The molecule has 0 aromatic rings. The number of hydrogen-bond acceptors (Lipinski definition) is 3. The van der Waals surface area contributed by atoms with Gasteiger partial charge in [-0.3, -0.25) is 0 Å². The predicted molar refractivity (Wildman–Crippen MR) is 80.6 cm³/mol. The Bertz CT molecular complexity index is 388. The van der Waals surface area contributed by atoms with Gasteiger partial charge in [0.05, 0.1) is 5.25 Å². The third-order valence-corrected chi connectivity index (χ3v) is 6.99. The van der Waals surface area contributed by atoms with Gasteiger partial charge in [0.15, 0.2) is 0 Å². The van der Waals surface area contributed by atoms with Crippen LogP contribution in [0, 0.1) is 16.7 Å². The van der Waals surface area contributed by atoms with Crippen molar-refractivity contribution in [1.82, 2.24) is 10.0 Å². The molecule has 0 spiro atoms. The van der Waals surface area contributed by atoms with E-state index >= 15 is 0 Å². The molecule has 5 heteroatoms. The summed E-state index contributed by atoms with van der Waals surface area (Å²) in [6, 6.07) is 0. The van der Waals surface area contributed by atoms with E-state index in [1.807, 2.05) is 0 Å². The van der Waals surface area contributed by atoms with E-state index in [0.29, 0.717) is 19.0 Å². The number of nitrogens with one attached hydrogen (secondary N) is 2. The molecule has 1 atom stereocenters. The quantitative estimate of drug-likeness (QED) is 0.672. The third-order valence-electron chi connectivity index (χ3n) is 5.20. The molecule has 1 aliphatic rings. The van der Waals surface area contributed by atoms with Crippen molar-refractivity contribution < 1.29 is 8.42 Å². The van der Waals surface area contributed by atoms with E-state index in [-0.39, 0.29) is 16.1 Å². The van der Waals surface area contributed by atoms with E-state index in [1.165, 1.54) is 0 Å². The molecule has 0 aromatic carbocycles. The summed E-state index contributed by atoms with van der Waals surface area (Å²) in [5, 5.41) is 2.77. The molecule has 1 unspecified atom stereocenters. The number of hydrogen-bond donors (Lipinski definition) is 2. The van der Waals surface area contributed by atoms with Crippen LogP contribution in [0.5, 0.6) is 0 Å². The highest BCUT2D eigenvalue weighted by Gasteiger charge is 2.64. The van der Waals surface area contributed by atoms with Crippen molar-refractivity contribution in [3.05, 3.63) is 0 Å². The molecule has 0 radical (unpaired) electrons. The summed E-state index contributed by atoms with van der Waals surface area (Å²) in [6.45, 7) is 14.6. The maximum absolute atomic E-state index is 12.1. The zero-order valence-corrected chi connectivity index (χ0v) is 14.0. The molecule has 1 saturated carbocycles. The molecule has 19 heavy (non-hydrogen) atoms. The van der Waals surface area contributed by atoms with Gasteiger partial charge in [-0.05, 0) is 36.6 Å². The van der Waals surface area contributed by atoms with Crippen LogP contribution in [-0.4, -0.2) is 33.3 Å². The predicted octanol–water partition coefficient (Wildman–Crippen LogP) is 1.98. The van der Waals surface area contributed by atoms with Crippen LogP contribution in [0.15, 0.2) is 0 Å². The SMILES string of the molecule is CCCNCC(C)S(=O)(=O)NCC1C(C)(C)C1(C)C. The van der Waals surface area contributed by atoms with Crippen molar-refractivity contribution in [2.75, 3.05) is 19.6 Å². The summed E-state index contributed by atoms with van der Waals surface area (Å²) < 4.78 is 27.0. The molecule has 0 bridgehead atoms. The minimum Gasteiger partial charge on any atom is -0.315 e. The Kier molecular flexibility index (Phi) is 5.08. The van der Waals surface area contributed by atoms with Crippen molar-refractivity contribution in [1.29, 1.82) is 0 Å². The summed E-state index contributed by atoms with van der Waals surface area (Å²) in [7, 11) is -3.21. The summed E-state index contributed by atoms with van der Waals surface area (Å²) in [5.41, 5.74) is 0.443. The molecule has 0 aliphatic heterocycles. The molecule has 114 valence electrons. The lowest BCUT2D eigenvalue weighted by Crippen LogP contribution is -2.40. The molecule has 0 amide bonds. The largest absolute Gasteiger partial charge is 0.315 e. The minimum atomic E-state index is -3.21. The van der Waals surface area contributed by atoms with Crippen LogP contribution in [0.3, 0.4) is 0 Å². The Labute approximate surface area is 118 Å². The van der Waals surface area contributed by atoms with E-state index < -0.39 is 10.0 Å². The van der Waals surface area contributed by atoms with Gasteiger partial charge in [0, 0.05) is 13.1 Å². The van der Waals surface area contributed by atoms with Gasteiger partial charge in [0.1, 0.15) is 0 Å². The minimum absolute atomic E-state index is 0.221.